The molecular weight excluding hydrogens is 205 g/mol. The number of halogens is 1. The van der Waals surface area contributed by atoms with Crippen molar-refractivity contribution < 1.29 is 4.39 Å². The second kappa shape index (κ2) is 4.96. The van der Waals surface area contributed by atoms with E-state index in [-0.39, 0.29) is 11.7 Å². The van der Waals surface area contributed by atoms with Crippen LogP contribution in [0.4, 0.5) is 10.1 Å². The summed E-state index contributed by atoms with van der Waals surface area (Å²) in [6.07, 6.45) is 0.977. The van der Waals surface area contributed by atoms with Gasteiger partial charge in [0.25, 0.3) is 0 Å². The lowest BCUT2D eigenvalue weighted by Gasteiger charge is -2.28. The number of nitrogens with zero attached hydrogens (tertiary/aromatic N) is 1. The molecule has 1 atom stereocenters. The number of hydrogen-bond donors (Lipinski definition) is 2. The van der Waals surface area contributed by atoms with Gasteiger partial charge < -0.3 is 10.6 Å². The molecule has 0 heterocycles. The quantitative estimate of drug-likeness (QED) is 0.608. The molecule has 16 heavy (non-hydrogen) atoms. The minimum atomic E-state index is -0.369. The van der Waals surface area contributed by atoms with Crippen molar-refractivity contribution in [1.29, 1.82) is 5.41 Å². The van der Waals surface area contributed by atoms with Gasteiger partial charge in [-0.1, -0.05) is 6.92 Å². The highest BCUT2D eigenvalue weighted by atomic mass is 19.1. The Hall–Kier alpha value is -1.58. The molecule has 0 bridgehead atoms. The predicted octanol–water partition coefficient (Wildman–Crippen LogP) is 2.34. The summed E-state index contributed by atoms with van der Waals surface area (Å²) in [5.74, 6) is -0.476. The fraction of sp³-hybridized carbons (Fsp3) is 0.417. The van der Waals surface area contributed by atoms with E-state index in [9.17, 15) is 4.39 Å². The van der Waals surface area contributed by atoms with Crippen molar-refractivity contribution in [2.45, 2.75) is 26.3 Å². The van der Waals surface area contributed by atoms with Gasteiger partial charge in [0.15, 0.2) is 0 Å². The zero-order valence-electron chi connectivity index (χ0n) is 9.92. The van der Waals surface area contributed by atoms with Gasteiger partial charge in [-0.05, 0) is 31.5 Å². The molecule has 0 saturated carbocycles. The lowest BCUT2D eigenvalue weighted by atomic mass is 10.1. The van der Waals surface area contributed by atoms with Crippen LogP contribution >= 0.6 is 0 Å². The summed E-state index contributed by atoms with van der Waals surface area (Å²) in [5.41, 5.74) is 6.69. The number of anilines is 1. The Morgan fingerprint density at radius 2 is 2.19 bits per heavy atom. The molecule has 0 amide bonds. The van der Waals surface area contributed by atoms with Gasteiger partial charge in [0, 0.05) is 24.3 Å². The number of rotatable bonds is 4. The topological polar surface area (TPSA) is 53.1 Å². The maximum Gasteiger partial charge on any atom is 0.125 e. The van der Waals surface area contributed by atoms with Gasteiger partial charge in [0.2, 0.25) is 0 Å². The van der Waals surface area contributed by atoms with Crippen molar-refractivity contribution in [3.63, 3.8) is 0 Å². The Bertz CT molecular complexity index is 390. The Morgan fingerprint density at radius 3 is 2.69 bits per heavy atom. The van der Waals surface area contributed by atoms with Crippen molar-refractivity contribution in [3.8, 4) is 0 Å². The molecule has 3 nitrogen and oxygen atoms in total. The van der Waals surface area contributed by atoms with E-state index in [0.717, 1.165) is 12.1 Å². The van der Waals surface area contributed by atoms with E-state index in [2.05, 4.69) is 13.8 Å². The predicted molar refractivity (Wildman–Crippen MR) is 65.6 cm³/mol. The fourth-order valence-corrected chi connectivity index (χ4v) is 1.54. The Labute approximate surface area is 95.6 Å². The largest absolute Gasteiger partial charge is 0.384 e. The molecule has 1 aromatic rings. The first-order valence-electron chi connectivity index (χ1n) is 5.34. The van der Waals surface area contributed by atoms with Crippen LogP contribution in [0.15, 0.2) is 18.2 Å². The third-order valence-corrected chi connectivity index (χ3v) is 2.88. The maximum atomic E-state index is 13.1. The molecule has 0 radical (unpaired) electrons. The van der Waals surface area contributed by atoms with E-state index in [1.165, 1.54) is 12.1 Å². The van der Waals surface area contributed by atoms with Crippen LogP contribution < -0.4 is 10.6 Å². The van der Waals surface area contributed by atoms with Crippen LogP contribution in [0, 0.1) is 11.2 Å². The summed E-state index contributed by atoms with van der Waals surface area (Å²) < 4.78 is 13.1. The lowest BCUT2D eigenvalue weighted by Crippen LogP contribution is -2.30. The Balaban J connectivity index is 3.17. The molecule has 3 N–H and O–H groups in total. The van der Waals surface area contributed by atoms with Gasteiger partial charge in [0.1, 0.15) is 11.7 Å². The van der Waals surface area contributed by atoms with E-state index in [1.54, 1.807) is 6.07 Å². The fourth-order valence-electron chi connectivity index (χ4n) is 1.54. The van der Waals surface area contributed by atoms with Crippen LogP contribution in [0.1, 0.15) is 25.8 Å². The summed E-state index contributed by atoms with van der Waals surface area (Å²) in [6.45, 7) is 4.16. The molecule has 88 valence electrons. The first-order valence-corrected chi connectivity index (χ1v) is 5.34. The molecule has 4 heteroatoms. The highest BCUT2D eigenvalue weighted by Crippen LogP contribution is 2.22. The van der Waals surface area contributed by atoms with Gasteiger partial charge in [0.05, 0.1) is 0 Å². The molecule has 0 aliphatic rings. The van der Waals surface area contributed by atoms with E-state index < -0.39 is 0 Å². The lowest BCUT2D eigenvalue weighted by molar-refractivity contribution is 0.625. The van der Waals surface area contributed by atoms with Gasteiger partial charge in [-0.25, -0.2) is 4.39 Å². The molecule has 1 aromatic carbocycles. The molecule has 1 rings (SSSR count). The number of amidine groups is 1. The molecule has 0 spiro atoms. The van der Waals surface area contributed by atoms with E-state index in [1.807, 2.05) is 11.9 Å². The van der Waals surface area contributed by atoms with Crippen molar-refractivity contribution in [1.82, 2.24) is 0 Å². The van der Waals surface area contributed by atoms with Crippen LogP contribution in [0.2, 0.25) is 0 Å². The van der Waals surface area contributed by atoms with E-state index >= 15 is 0 Å². The van der Waals surface area contributed by atoms with Crippen LogP contribution in [-0.4, -0.2) is 18.9 Å². The van der Waals surface area contributed by atoms with Gasteiger partial charge in [-0.15, -0.1) is 0 Å². The normalized spacial score (nSPS) is 12.2. The summed E-state index contributed by atoms with van der Waals surface area (Å²) in [7, 11) is 1.92. The molecule has 0 aromatic heterocycles. The molecular formula is C12H18FN3. The second-order valence-corrected chi connectivity index (χ2v) is 3.94. The molecule has 1 unspecified atom stereocenters. The summed E-state index contributed by atoms with van der Waals surface area (Å²) >= 11 is 0. The average molecular weight is 223 g/mol. The number of benzene rings is 1. The highest BCUT2D eigenvalue weighted by Gasteiger charge is 2.14. The van der Waals surface area contributed by atoms with Crippen molar-refractivity contribution >= 4 is 11.5 Å². The standard InChI is InChI=1S/C12H18FN3/c1-4-8(2)16(3)11-6-5-9(13)7-10(11)12(14)15/h5-8H,4H2,1-3H3,(H3,14,15). The van der Waals surface area contributed by atoms with Crippen LogP contribution in [-0.2, 0) is 0 Å². The van der Waals surface area contributed by atoms with E-state index in [4.69, 9.17) is 11.1 Å². The number of nitrogens with one attached hydrogen (secondary N) is 1. The number of hydrogen-bond acceptors (Lipinski definition) is 2. The maximum absolute atomic E-state index is 13.1. The summed E-state index contributed by atoms with van der Waals surface area (Å²) in [4.78, 5) is 2.01. The average Bonchev–Trinajstić information content (AvgIpc) is 2.26. The van der Waals surface area contributed by atoms with Gasteiger partial charge in [-0.3, -0.25) is 5.41 Å². The first-order chi connectivity index (χ1) is 7.47. The van der Waals surface area contributed by atoms with Crippen LogP contribution in [0.3, 0.4) is 0 Å². The van der Waals surface area contributed by atoms with Crippen molar-refractivity contribution in [3.05, 3.63) is 29.6 Å². The molecule has 0 fully saturated rings. The van der Waals surface area contributed by atoms with Crippen LogP contribution in [0.5, 0.6) is 0 Å². The smallest absolute Gasteiger partial charge is 0.125 e. The minimum Gasteiger partial charge on any atom is -0.384 e. The zero-order chi connectivity index (χ0) is 12.3. The van der Waals surface area contributed by atoms with E-state index in [0.29, 0.717) is 11.6 Å². The van der Waals surface area contributed by atoms with Crippen molar-refractivity contribution in [2.75, 3.05) is 11.9 Å². The van der Waals surface area contributed by atoms with Gasteiger partial charge in [-0.2, -0.15) is 0 Å². The molecule has 0 saturated heterocycles. The number of nitrogens with two attached hydrogens (primary N) is 1. The Morgan fingerprint density at radius 1 is 1.56 bits per heavy atom. The zero-order valence-corrected chi connectivity index (χ0v) is 9.92. The van der Waals surface area contributed by atoms with Gasteiger partial charge >= 0.3 is 0 Å². The Kier molecular flexibility index (Phi) is 3.88. The van der Waals surface area contributed by atoms with Crippen molar-refractivity contribution in [2.24, 2.45) is 5.73 Å². The summed E-state index contributed by atoms with van der Waals surface area (Å²) in [6, 6.07) is 4.68. The van der Waals surface area contributed by atoms with Crippen LogP contribution in [0.25, 0.3) is 0 Å². The SMILES string of the molecule is CCC(C)N(C)c1ccc(F)cc1C(=N)N. The second-order valence-electron chi connectivity index (χ2n) is 3.94. The third-order valence-electron chi connectivity index (χ3n) is 2.88. The third kappa shape index (κ3) is 2.51. The highest BCUT2D eigenvalue weighted by molar-refractivity contribution is 6.00. The number of nitrogen functional groups attached to an aromatic ring is 1. The first kappa shape index (κ1) is 12.5. The molecule has 0 aliphatic carbocycles. The molecule has 0 aliphatic heterocycles. The minimum absolute atomic E-state index is 0.107. The summed E-state index contributed by atoms with van der Waals surface area (Å²) in [5, 5.41) is 7.45. The monoisotopic (exact) mass is 223 g/mol.